The fourth-order valence-corrected chi connectivity index (χ4v) is 4.53. The molecule has 1 heterocycles. The number of ether oxygens (including phenoxy) is 1. The third-order valence-corrected chi connectivity index (χ3v) is 6.50. The van der Waals surface area contributed by atoms with E-state index in [0.717, 1.165) is 39.0 Å². The lowest BCUT2D eigenvalue weighted by molar-refractivity contribution is -0.131. The highest BCUT2D eigenvalue weighted by Gasteiger charge is 2.33. The van der Waals surface area contributed by atoms with Crippen molar-refractivity contribution < 1.29 is 24.2 Å². The molecule has 1 aliphatic heterocycles. The summed E-state index contributed by atoms with van der Waals surface area (Å²) in [5, 5.41) is 9.11. The molecule has 0 saturated heterocycles. The van der Waals surface area contributed by atoms with E-state index in [1.807, 2.05) is 78.9 Å². The predicted molar refractivity (Wildman–Crippen MR) is 159 cm³/mol. The third-order valence-electron chi connectivity index (χ3n) is 6.50. The lowest BCUT2D eigenvalue weighted by Gasteiger charge is -2.09. The molecule has 6 heteroatoms. The molecule has 202 valence electrons. The van der Waals surface area contributed by atoms with E-state index in [1.54, 1.807) is 36.4 Å². The average Bonchev–Trinajstić information content (AvgIpc) is 3.23. The molecule has 0 unspecified atom stereocenters. The van der Waals surface area contributed by atoms with Gasteiger partial charge in [-0.3, -0.25) is 9.59 Å². The molecule has 41 heavy (non-hydrogen) atoms. The van der Waals surface area contributed by atoms with Crippen LogP contribution in [-0.4, -0.2) is 27.8 Å². The second kappa shape index (κ2) is 12.6. The molecule has 0 aromatic heterocycles. The molecule has 4 aromatic rings. The normalized spacial score (nSPS) is 13.0. The van der Waals surface area contributed by atoms with Gasteiger partial charge < -0.3 is 9.84 Å². The first-order chi connectivity index (χ1) is 20.0. The van der Waals surface area contributed by atoms with Crippen LogP contribution in [0.5, 0.6) is 5.75 Å². The van der Waals surface area contributed by atoms with Crippen LogP contribution in [0.4, 0.5) is 0 Å². The molecule has 0 radical (unpaired) electrons. The molecule has 0 bridgehead atoms. The number of aliphatic carboxylic acids is 1. The minimum absolute atomic E-state index is 0.374. The summed E-state index contributed by atoms with van der Waals surface area (Å²) in [7, 11) is 0. The van der Waals surface area contributed by atoms with Gasteiger partial charge in [-0.1, -0.05) is 84.9 Å². The standard InChI is InChI=1S/C35H27NO5/c37-33(38)18-17-27-21-26(11-8-13-29-12-4-7-16-32(29)41-24-25-9-2-1-3-10-25)22-28(23-27)19-20-36-34(39)30-14-5-6-15-31(30)35(36)40/h1-10,12-23H,11,24H2,(H,37,38). The minimum atomic E-state index is -1.05. The molecule has 6 nitrogen and oxygen atoms in total. The van der Waals surface area contributed by atoms with Gasteiger partial charge in [0.1, 0.15) is 12.4 Å². The van der Waals surface area contributed by atoms with Crippen molar-refractivity contribution in [2.75, 3.05) is 0 Å². The van der Waals surface area contributed by atoms with E-state index < -0.39 is 5.97 Å². The summed E-state index contributed by atoms with van der Waals surface area (Å²) in [6.07, 6.45) is 10.3. The van der Waals surface area contributed by atoms with Gasteiger partial charge in [0.05, 0.1) is 11.1 Å². The maximum absolute atomic E-state index is 12.7. The van der Waals surface area contributed by atoms with E-state index in [4.69, 9.17) is 9.84 Å². The van der Waals surface area contributed by atoms with Gasteiger partial charge >= 0.3 is 5.97 Å². The zero-order valence-corrected chi connectivity index (χ0v) is 22.1. The fourth-order valence-electron chi connectivity index (χ4n) is 4.53. The topological polar surface area (TPSA) is 83.9 Å². The van der Waals surface area contributed by atoms with Crippen LogP contribution >= 0.6 is 0 Å². The molecule has 1 aliphatic rings. The van der Waals surface area contributed by atoms with E-state index in [-0.39, 0.29) is 11.8 Å². The number of hydrogen-bond acceptors (Lipinski definition) is 4. The fraction of sp³-hybridized carbons (Fsp3) is 0.0571. The first kappa shape index (κ1) is 27.1. The molecule has 2 amide bonds. The number of nitrogens with zero attached hydrogens (tertiary/aromatic N) is 1. The number of rotatable bonds is 10. The van der Waals surface area contributed by atoms with Gasteiger partial charge in [0.15, 0.2) is 0 Å². The Labute approximate surface area is 238 Å². The second-order valence-electron chi connectivity index (χ2n) is 9.44. The van der Waals surface area contributed by atoms with Crippen LogP contribution in [0.15, 0.2) is 115 Å². The molecule has 4 aromatic carbocycles. The number of carbonyl (C=O) groups is 3. The average molecular weight is 542 g/mol. The van der Waals surface area contributed by atoms with Crippen molar-refractivity contribution in [2.24, 2.45) is 0 Å². The van der Waals surface area contributed by atoms with Crippen molar-refractivity contribution in [1.82, 2.24) is 4.90 Å². The van der Waals surface area contributed by atoms with Gasteiger partial charge in [-0.15, -0.1) is 0 Å². The van der Waals surface area contributed by atoms with Crippen LogP contribution in [0, 0.1) is 0 Å². The number of imide groups is 1. The lowest BCUT2D eigenvalue weighted by Crippen LogP contribution is -2.23. The van der Waals surface area contributed by atoms with E-state index in [1.165, 1.54) is 12.3 Å². The van der Waals surface area contributed by atoms with Crippen LogP contribution in [0.25, 0.3) is 18.2 Å². The molecule has 0 saturated carbocycles. The maximum Gasteiger partial charge on any atom is 0.328 e. The molecule has 0 atom stereocenters. The quantitative estimate of drug-likeness (QED) is 0.175. The Morgan fingerprint density at radius 2 is 1.37 bits per heavy atom. The zero-order chi connectivity index (χ0) is 28.6. The highest BCUT2D eigenvalue weighted by molar-refractivity contribution is 6.22. The number of amides is 2. The molecular formula is C35H27NO5. The monoisotopic (exact) mass is 541 g/mol. The van der Waals surface area contributed by atoms with Crippen molar-refractivity contribution in [3.63, 3.8) is 0 Å². The SMILES string of the molecule is O=C(O)C=Cc1cc(C=CN2C(=O)c3ccccc3C2=O)cc(CC=Cc2ccccc2OCc2ccccc2)c1. The molecule has 0 fully saturated rings. The van der Waals surface area contributed by atoms with E-state index in [2.05, 4.69) is 0 Å². The number of carbonyl (C=O) groups excluding carboxylic acids is 2. The van der Waals surface area contributed by atoms with Crippen molar-refractivity contribution in [2.45, 2.75) is 13.0 Å². The van der Waals surface area contributed by atoms with Gasteiger partial charge in [-0.2, -0.15) is 0 Å². The van der Waals surface area contributed by atoms with Gasteiger partial charge in [0, 0.05) is 17.8 Å². The summed E-state index contributed by atoms with van der Waals surface area (Å²) >= 11 is 0. The lowest BCUT2D eigenvalue weighted by atomic mass is 10.0. The van der Waals surface area contributed by atoms with Crippen LogP contribution in [0.1, 0.15) is 48.5 Å². The van der Waals surface area contributed by atoms with Crippen LogP contribution < -0.4 is 4.74 Å². The summed E-state index contributed by atoms with van der Waals surface area (Å²) in [5.74, 6) is -1.03. The minimum Gasteiger partial charge on any atom is -0.488 e. The maximum atomic E-state index is 12.7. The largest absolute Gasteiger partial charge is 0.488 e. The number of fused-ring (bicyclic) bond motifs is 1. The summed E-state index contributed by atoms with van der Waals surface area (Å²) in [5.41, 5.74) is 5.11. The first-order valence-electron chi connectivity index (χ1n) is 13.1. The van der Waals surface area contributed by atoms with Gasteiger partial charge in [-0.05, 0) is 65.1 Å². The number of hydrogen-bond donors (Lipinski definition) is 1. The molecule has 0 spiro atoms. The van der Waals surface area contributed by atoms with Crippen molar-refractivity contribution in [3.05, 3.63) is 154 Å². The Morgan fingerprint density at radius 1 is 0.732 bits per heavy atom. The highest BCUT2D eigenvalue weighted by Crippen LogP contribution is 2.24. The van der Waals surface area contributed by atoms with Crippen molar-refractivity contribution >= 4 is 36.0 Å². The highest BCUT2D eigenvalue weighted by atomic mass is 16.5. The second-order valence-corrected chi connectivity index (χ2v) is 9.44. The number of carboxylic acids is 1. The number of benzene rings is 4. The molecule has 5 rings (SSSR count). The Balaban J connectivity index is 1.34. The Morgan fingerprint density at radius 3 is 2.07 bits per heavy atom. The van der Waals surface area contributed by atoms with Crippen LogP contribution in [-0.2, 0) is 17.8 Å². The number of carboxylic acid groups (broad SMARTS) is 1. The summed E-state index contributed by atoms with van der Waals surface area (Å²) < 4.78 is 6.06. The van der Waals surface area contributed by atoms with Crippen molar-refractivity contribution in [1.29, 1.82) is 0 Å². The van der Waals surface area contributed by atoms with E-state index in [0.29, 0.717) is 29.7 Å². The summed E-state index contributed by atoms with van der Waals surface area (Å²) in [4.78, 5) is 37.7. The van der Waals surface area contributed by atoms with Gasteiger partial charge in [0.25, 0.3) is 11.8 Å². The Bertz CT molecular complexity index is 1650. The molecular weight excluding hydrogens is 514 g/mol. The Hall–Kier alpha value is -5.49. The van der Waals surface area contributed by atoms with E-state index in [9.17, 15) is 14.4 Å². The molecule has 0 aliphatic carbocycles. The van der Waals surface area contributed by atoms with Crippen LogP contribution in [0.3, 0.4) is 0 Å². The smallest absolute Gasteiger partial charge is 0.328 e. The van der Waals surface area contributed by atoms with Crippen molar-refractivity contribution in [3.8, 4) is 5.75 Å². The number of allylic oxidation sites excluding steroid dienone is 1. The van der Waals surface area contributed by atoms with Gasteiger partial charge in [-0.25, -0.2) is 9.69 Å². The number of para-hydroxylation sites is 1. The van der Waals surface area contributed by atoms with Crippen LogP contribution in [0.2, 0.25) is 0 Å². The zero-order valence-electron chi connectivity index (χ0n) is 22.1. The molecule has 1 N–H and O–H groups in total. The predicted octanol–water partition coefficient (Wildman–Crippen LogP) is 6.89. The summed E-state index contributed by atoms with van der Waals surface area (Å²) in [6, 6.07) is 30.1. The van der Waals surface area contributed by atoms with Gasteiger partial charge in [0.2, 0.25) is 0 Å². The first-order valence-corrected chi connectivity index (χ1v) is 13.1. The Kier molecular flexibility index (Phi) is 8.31. The third kappa shape index (κ3) is 6.75. The van der Waals surface area contributed by atoms with E-state index >= 15 is 0 Å². The summed E-state index contributed by atoms with van der Waals surface area (Å²) in [6.45, 7) is 0.465.